The summed E-state index contributed by atoms with van der Waals surface area (Å²) in [6, 6.07) is 11.2. The van der Waals surface area contributed by atoms with Gasteiger partial charge in [0.05, 0.1) is 11.9 Å². The third kappa shape index (κ3) is 4.72. The Labute approximate surface area is 210 Å². The Hall–Kier alpha value is -1.49. The molecule has 8 heteroatoms. The van der Waals surface area contributed by atoms with Crippen molar-refractivity contribution in [2.45, 2.75) is 23.2 Å². The van der Waals surface area contributed by atoms with Crippen LogP contribution in [0, 0.1) is 5.92 Å². The second-order valence-corrected chi connectivity index (χ2v) is 12.0. The Kier molecular flexibility index (Phi) is 6.79. The molecule has 5 rings (SSSR count). The molecule has 33 heavy (non-hydrogen) atoms. The van der Waals surface area contributed by atoms with Crippen molar-refractivity contribution in [3.63, 3.8) is 0 Å². The number of rotatable bonds is 4. The normalized spacial score (nSPS) is 22.3. The number of aromatic nitrogens is 1. The smallest absolute Gasteiger partial charge is 0.211 e. The molecule has 1 aliphatic carbocycles. The maximum atomic E-state index is 12.1. The Balaban J connectivity index is 1.61. The first kappa shape index (κ1) is 23.3. The molecule has 1 unspecified atom stereocenters. The zero-order valence-corrected chi connectivity index (χ0v) is 22.0. The maximum absolute atomic E-state index is 12.1. The summed E-state index contributed by atoms with van der Waals surface area (Å²) in [6.45, 7) is 5.14. The Morgan fingerprint density at radius 3 is 2.58 bits per heavy atom. The van der Waals surface area contributed by atoms with Gasteiger partial charge in [0.15, 0.2) is 0 Å². The Morgan fingerprint density at radius 1 is 1.12 bits per heavy atom. The molecule has 3 heterocycles. The third-order valence-corrected chi connectivity index (χ3v) is 9.42. The second kappa shape index (κ2) is 9.64. The first-order valence-corrected chi connectivity index (χ1v) is 15.1. The molecule has 2 aromatic rings. The Morgan fingerprint density at radius 2 is 1.88 bits per heavy atom. The first-order valence-electron chi connectivity index (χ1n) is 11.7. The number of piperidine rings is 1. The van der Waals surface area contributed by atoms with Gasteiger partial charge < -0.3 is 10.2 Å². The van der Waals surface area contributed by atoms with Crippen LogP contribution in [0.3, 0.4) is 0 Å². The number of fused-ring (bicyclic) bond motifs is 2. The van der Waals surface area contributed by atoms with E-state index >= 15 is 0 Å². The van der Waals surface area contributed by atoms with E-state index in [0.717, 1.165) is 49.1 Å². The number of sulfonamides is 1. The highest BCUT2D eigenvalue weighted by Crippen LogP contribution is 2.45. The summed E-state index contributed by atoms with van der Waals surface area (Å²) in [5.74, 6) is 0.523. The van der Waals surface area contributed by atoms with Gasteiger partial charge in [-0.15, -0.1) is 0 Å². The van der Waals surface area contributed by atoms with Gasteiger partial charge in [-0.05, 0) is 53.7 Å². The van der Waals surface area contributed by atoms with Crippen molar-refractivity contribution in [3.05, 3.63) is 64.5 Å². The first-order chi connectivity index (χ1) is 16.0. The number of hydrogen-bond donors (Lipinski definition) is 1. The SMILES string of the molecule is CS(=O)(=O)N1CCC(C2c3ccc(CI)cc3C(N3CCNCC3)=Cc3cccnc32)CC1. The minimum Gasteiger partial charge on any atom is -0.368 e. The maximum Gasteiger partial charge on any atom is 0.211 e. The fourth-order valence-electron chi connectivity index (χ4n) is 5.55. The minimum atomic E-state index is -3.15. The molecule has 6 nitrogen and oxygen atoms in total. The fraction of sp³-hybridized carbons (Fsp3) is 0.480. The average Bonchev–Trinajstić information content (AvgIpc) is 2.98. The van der Waals surface area contributed by atoms with Crippen molar-refractivity contribution in [3.8, 4) is 0 Å². The van der Waals surface area contributed by atoms with E-state index in [0.29, 0.717) is 19.0 Å². The minimum absolute atomic E-state index is 0.165. The van der Waals surface area contributed by atoms with E-state index in [1.807, 2.05) is 12.3 Å². The number of alkyl halides is 1. The van der Waals surface area contributed by atoms with Crippen LogP contribution >= 0.6 is 22.6 Å². The molecule has 0 spiro atoms. The highest BCUT2D eigenvalue weighted by molar-refractivity contribution is 14.1. The van der Waals surface area contributed by atoms with Gasteiger partial charge in [-0.2, -0.15) is 0 Å². The number of nitrogens with one attached hydrogen (secondary N) is 1. The standard InChI is InChI=1S/C25H31IN4O2S/c1-33(31,32)30-11-6-19(7-12-30)24-21-5-4-18(17-26)15-22(21)23(29-13-9-27-10-14-29)16-20-3-2-8-28-25(20)24/h2-5,8,15-16,19,24,27H,6-7,9-14,17H2,1H3. The molecule has 0 saturated carbocycles. The summed E-state index contributed by atoms with van der Waals surface area (Å²) < 4.78 is 26.8. The van der Waals surface area contributed by atoms with E-state index in [4.69, 9.17) is 4.98 Å². The number of hydrogen-bond acceptors (Lipinski definition) is 5. The van der Waals surface area contributed by atoms with Crippen LogP contribution in [0.25, 0.3) is 11.8 Å². The lowest BCUT2D eigenvalue weighted by Gasteiger charge is -2.36. The largest absolute Gasteiger partial charge is 0.368 e. The van der Waals surface area contributed by atoms with Crippen molar-refractivity contribution in [2.24, 2.45) is 5.92 Å². The lowest BCUT2D eigenvalue weighted by Crippen LogP contribution is -2.42. The zero-order valence-electron chi connectivity index (χ0n) is 19.0. The highest BCUT2D eigenvalue weighted by Gasteiger charge is 2.36. The van der Waals surface area contributed by atoms with Crippen LogP contribution in [0.2, 0.25) is 0 Å². The monoisotopic (exact) mass is 578 g/mol. The molecule has 0 amide bonds. The van der Waals surface area contributed by atoms with Gasteiger partial charge in [-0.1, -0.05) is 40.8 Å². The number of nitrogens with zero attached hydrogens (tertiary/aromatic N) is 3. The summed E-state index contributed by atoms with van der Waals surface area (Å²) >= 11 is 2.44. The lowest BCUT2D eigenvalue weighted by atomic mass is 9.76. The summed E-state index contributed by atoms with van der Waals surface area (Å²) in [6.07, 6.45) is 7.27. The summed E-state index contributed by atoms with van der Waals surface area (Å²) in [4.78, 5) is 7.43. The van der Waals surface area contributed by atoms with E-state index < -0.39 is 10.0 Å². The van der Waals surface area contributed by atoms with E-state index in [1.54, 1.807) is 4.31 Å². The quantitative estimate of drug-likeness (QED) is 0.445. The molecule has 2 saturated heterocycles. The average molecular weight is 579 g/mol. The van der Waals surface area contributed by atoms with Crippen LogP contribution in [0.4, 0.5) is 0 Å². The van der Waals surface area contributed by atoms with Crippen LogP contribution in [0.15, 0.2) is 36.5 Å². The van der Waals surface area contributed by atoms with Gasteiger partial charge in [-0.25, -0.2) is 12.7 Å². The van der Waals surface area contributed by atoms with Crippen LogP contribution in [-0.4, -0.2) is 68.1 Å². The predicted octanol–water partition coefficient (Wildman–Crippen LogP) is 3.54. The summed E-state index contributed by atoms with van der Waals surface area (Å²) in [7, 11) is -3.15. The highest BCUT2D eigenvalue weighted by atomic mass is 127. The van der Waals surface area contributed by atoms with Crippen molar-refractivity contribution in [1.29, 1.82) is 0 Å². The van der Waals surface area contributed by atoms with Gasteiger partial charge in [0.1, 0.15) is 0 Å². The van der Waals surface area contributed by atoms with E-state index in [2.05, 4.69) is 63.1 Å². The summed E-state index contributed by atoms with van der Waals surface area (Å²) in [5.41, 5.74) is 7.60. The molecule has 0 bridgehead atoms. The molecule has 1 aromatic carbocycles. The predicted molar refractivity (Wildman–Crippen MR) is 142 cm³/mol. The van der Waals surface area contributed by atoms with Crippen molar-refractivity contribution < 1.29 is 8.42 Å². The van der Waals surface area contributed by atoms with E-state index in [9.17, 15) is 8.42 Å². The molecular weight excluding hydrogens is 547 g/mol. The van der Waals surface area contributed by atoms with Crippen molar-refractivity contribution >= 4 is 44.4 Å². The molecule has 1 N–H and O–H groups in total. The molecule has 0 radical (unpaired) electrons. The van der Waals surface area contributed by atoms with Gasteiger partial charge in [0, 0.05) is 67.1 Å². The number of halogens is 1. The molecule has 2 aliphatic heterocycles. The van der Waals surface area contributed by atoms with E-state index in [1.165, 1.54) is 34.2 Å². The number of piperazine rings is 1. The molecule has 1 atom stereocenters. The number of pyridine rings is 1. The molecule has 2 fully saturated rings. The summed E-state index contributed by atoms with van der Waals surface area (Å²) in [5, 5.41) is 3.48. The van der Waals surface area contributed by atoms with Crippen molar-refractivity contribution in [2.75, 3.05) is 45.5 Å². The van der Waals surface area contributed by atoms with E-state index in [-0.39, 0.29) is 5.92 Å². The van der Waals surface area contributed by atoms with Gasteiger partial charge in [0.2, 0.25) is 10.0 Å². The zero-order chi connectivity index (χ0) is 23.0. The lowest BCUT2D eigenvalue weighted by molar-refractivity contribution is 0.256. The topological polar surface area (TPSA) is 65.5 Å². The number of benzene rings is 1. The molecular formula is C25H31IN4O2S. The third-order valence-electron chi connectivity index (χ3n) is 7.24. The molecule has 1 aromatic heterocycles. The van der Waals surface area contributed by atoms with Gasteiger partial charge in [0.25, 0.3) is 0 Å². The second-order valence-electron chi connectivity index (χ2n) is 9.28. The fourth-order valence-corrected chi connectivity index (χ4v) is 6.90. The van der Waals surface area contributed by atoms with Crippen LogP contribution in [0.1, 0.15) is 46.7 Å². The Bertz CT molecular complexity index is 1150. The van der Waals surface area contributed by atoms with Gasteiger partial charge in [-0.3, -0.25) is 4.98 Å². The van der Waals surface area contributed by atoms with Gasteiger partial charge >= 0.3 is 0 Å². The molecule has 3 aliphatic rings. The van der Waals surface area contributed by atoms with Crippen LogP contribution < -0.4 is 5.32 Å². The van der Waals surface area contributed by atoms with Crippen LogP contribution in [-0.2, 0) is 14.5 Å². The van der Waals surface area contributed by atoms with Crippen molar-refractivity contribution in [1.82, 2.24) is 19.5 Å². The molecule has 176 valence electrons. The van der Waals surface area contributed by atoms with Crippen LogP contribution in [0.5, 0.6) is 0 Å².